The molecule has 3 aliphatic rings. The number of pyridine rings is 1. The van der Waals surface area contributed by atoms with Gasteiger partial charge >= 0.3 is 0 Å². The van der Waals surface area contributed by atoms with Crippen LogP contribution in [-0.2, 0) is 0 Å². The third kappa shape index (κ3) is 3.93. The lowest BCUT2D eigenvalue weighted by molar-refractivity contribution is 0.442. The number of halogens is 2. The van der Waals surface area contributed by atoms with Gasteiger partial charge in [0.25, 0.3) is 0 Å². The fraction of sp³-hybridized carbons (Fsp3) is 0.211. The molecule has 4 unspecified atom stereocenters. The molecule has 4 atom stereocenters. The minimum Gasteiger partial charge on any atom is -0.351 e. The lowest BCUT2D eigenvalue weighted by atomic mass is 9.78. The molecule has 1 aliphatic carbocycles. The van der Waals surface area contributed by atoms with E-state index in [1.165, 1.54) is 27.9 Å². The Balaban J connectivity index is 1.20. The predicted octanol–water partition coefficient (Wildman–Crippen LogP) is 10.0. The molecule has 1 saturated heterocycles. The Morgan fingerprint density at radius 3 is 2.32 bits per heavy atom. The summed E-state index contributed by atoms with van der Waals surface area (Å²) in [5, 5.41) is 1.14. The van der Waals surface area contributed by atoms with E-state index in [1.54, 1.807) is 0 Å². The van der Waals surface area contributed by atoms with E-state index >= 15 is 0 Å². The van der Waals surface area contributed by atoms with E-state index in [-0.39, 0.29) is 23.0 Å². The molecule has 4 nitrogen and oxygen atoms in total. The number of aryl methyl sites for hydroxylation is 2. The van der Waals surface area contributed by atoms with Gasteiger partial charge in [0.1, 0.15) is 0 Å². The first-order valence-corrected chi connectivity index (χ1v) is 16.6. The number of hydrogen-bond donors (Lipinski definition) is 0. The fourth-order valence-corrected chi connectivity index (χ4v) is 8.80. The Kier molecular flexibility index (Phi) is 6.24. The van der Waals surface area contributed by atoms with Crippen molar-refractivity contribution in [1.29, 1.82) is 0 Å². The molecule has 5 aromatic rings. The molecule has 4 heterocycles. The maximum Gasteiger partial charge on any atom is 0.0963 e. The second-order valence-corrected chi connectivity index (χ2v) is 14.5. The van der Waals surface area contributed by atoms with E-state index in [2.05, 4.69) is 160 Å². The van der Waals surface area contributed by atoms with E-state index in [0.717, 1.165) is 36.6 Å². The first-order chi connectivity index (χ1) is 21.2. The summed E-state index contributed by atoms with van der Waals surface area (Å²) in [5.74, 6) is 0.264. The van der Waals surface area contributed by atoms with Crippen LogP contribution < -0.4 is 4.90 Å². The number of nitrogens with zero attached hydrogens (tertiary/aromatic N) is 4. The van der Waals surface area contributed by atoms with Gasteiger partial charge in [0.05, 0.1) is 33.7 Å². The van der Waals surface area contributed by atoms with Gasteiger partial charge in [0.2, 0.25) is 0 Å². The third-order valence-electron chi connectivity index (χ3n) is 9.97. The Morgan fingerprint density at radius 2 is 1.55 bits per heavy atom. The van der Waals surface area contributed by atoms with E-state index in [4.69, 9.17) is 9.98 Å². The Labute approximate surface area is 274 Å². The lowest BCUT2D eigenvalue weighted by Gasteiger charge is -2.45. The summed E-state index contributed by atoms with van der Waals surface area (Å²) in [6.45, 7) is 9.14. The molecular weight excluding hydrogens is 672 g/mol. The van der Waals surface area contributed by atoms with Crippen molar-refractivity contribution >= 4 is 65.7 Å². The Hall–Kier alpha value is -3.74. The normalized spacial score (nSPS) is 25.5. The second kappa shape index (κ2) is 9.88. The number of anilines is 1. The quantitative estimate of drug-likeness (QED) is 0.187. The molecule has 6 heteroatoms. The zero-order valence-corrected chi connectivity index (χ0v) is 28.3. The molecule has 0 spiro atoms. The molecule has 218 valence electrons. The van der Waals surface area contributed by atoms with E-state index in [1.807, 2.05) is 18.5 Å². The molecule has 2 aromatic heterocycles. The number of dihydropyridines is 1. The molecule has 8 rings (SSSR count). The highest BCUT2D eigenvalue weighted by Gasteiger charge is 2.60. The molecule has 1 fully saturated rings. The fourth-order valence-electron chi connectivity index (χ4n) is 8.02. The van der Waals surface area contributed by atoms with Crippen molar-refractivity contribution in [3.05, 3.63) is 123 Å². The molecule has 0 amide bonds. The van der Waals surface area contributed by atoms with Gasteiger partial charge in [-0.15, -0.1) is 0 Å². The average molecular weight is 705 g/mol. The highest BCUT2D eigenvalue weighted by atomic mass is 79.9. The van der Waals surface area contributed by atoms with Crippen molar-refractivity contribution in [3.63, 3.8) is 0 Å². The summed E-state index contributed by atoms with van der Waals surface area (Å²) in [6.07, 6.45) is 15.2. The van der Waals surface area contributed by atoms with Crippen molar-refractivity contribution in [2.45, 2.75) is 44.8 Å². The van der Waals surface area contributed by atoms with Gasteiger partial charge in [-0.25, -0.2) is 0 Å². The van der Waals surface area contributed by atoms with Gasteiger partial charge < -0.3 is 9.47 Å². The van der Waals surface area contributed by atoms with Gasteiger partial charge in [0, 0.05) is 44.0 Å². The van der Waals surface area contributed by atoms with Crippen LogP contribution in [-0.4, -0.2) is 32.9 Å². The molecule has 44 heavy (non-hydrogen) atoms. The summed E-state index contributed by atoms with van der Waals surface area (Å²) in [7, 11) is 0. The summed E-state index contributed by atoms with van der Waals surface area (Å²) < 4.78 is 4.51. The van der Waals surface area contributed by atoms with Crippen LogP contribution in [0.15, 0.2) is 117 Å². The zero-order valence-electron chi connectivity index (χ0n) is 25.1. The van der Waals surface area contributed by atoms with Crippen LogP contribution in [0.25, 0.3) is 38.8 Å². The summed E-state index contributed by atoms with van der Waals surface area (Å²) >= 11 is 7.38. The standard InChI is InChI=1S/C38H32Br2N4/c1-23-19-27(43-33-13-8-25(39)21-31(33)35-34(43)7-5-17-41-35)9-11-29(23)30-12-10-28(20-24(30)2)44-37(3)16-14-26(40)22-32(37)36-38(44,4)15-6-18-42-36/h5-22,32,36H,1-4H3. The van der Waals surface area contributed by atoms with Crippen molar-refractivity contribution < 1.29 is 0 Å². The van der Waals surface area contributed by atoms with Gasteiger partial charge in [-0.1, -0.05) is 62.2 Å². The SMILES string of the molecule is Cc1cc(N2C3(C)C=CC(Br)=CC3C3N=CC=CC32C)ccc1-c1ccc(-n2c3ccc(Br)cc3c3ncccc32)cc1C. The van der Waals surface area contributed by atoms with Crippen LogP contribution in [0.3, 0.4) is 0 Å². The average Bonchev–Trinajstić information content (AvgIpc) is 3.43. The first-order valence-electron chi connectivity index (χ1n) is 15.0. The maximum atomic E-state index is 5.01. The molecule has 3 aromatic carbocycles. The molecular formula is C38H32Br2N4. The van der Waals surface area contributed by atoms with E-state index < -0.39 is 0 Å². The zero-order chi connectivity index (χ0) is 30.4. The topological polar surface area (TPSA) is 33.4 Å². The van der Waals surface area contributed by atoms with Crippen LogP contribution in [0.4, 0.5) is 5.69 Å². The van der Waals surface area contributed by atoms with Crippen LogP contribution >= 0.6 is 31.9 Å². The highest BCUT2D eigenvalue weighted by molar-refractivity contribution is 9.12. The maximum absolute atomic E-state index is 5.01. The second-order valence-electron chi connectivity index (χ2n) is 12.7. The molecule has 0 bridgehead atoms. The summed E-state index contributed by atoms with van der Waals surface area (Å²) in [4.78, 5) is 12.3. The van der Waals surface area contributed by atoms with E-state index in [9.17, 15) is 0 Å². The van der Waals surface area contributed by atoms with Crippen LogP contribution in [0.2, 0.25) is 0 Å². The number of hydrogen-bond acceptors (Lipinski definition) is 3. The van der Waals surface area contributed by atoms with Crippen molar-refractivity contribution in [1.82, 2.24) is 9.55 Å². The Bertz CT molecular complexity index is 2140. The summed E-state index contributed by atoms with van der Waals surface area (Å²) in [5.41, 5.74) is 10.2. The first kappa shape index (κ1) is 27.8. The van der Waals surface area contributed by atoms with Crippen molar-refractivity contribution in [2.75, 3.05) is 4.90 Å². The monoisotopic (exact) mass is 702 g/mol. The van der Waals surface area contributed by atoms with Crippen molar-refractivity contribution in [3.8, 4) is 16.8 Å². The van der Waals surface area contributed by atoms with Gasteiger partial charge in [-0.2, -0.15) is 0 Å². The van der Waals surface area contributed by atoms with Gasteiger partial charge in [0.15, 0.2) is 0 Å². The van der Waals surface area contributed by atoms with E-state index in [0.29, 0.717) is 0 Å². The predicted molar refractivity (Wildman–Crippen MR) is 192 cm³/mol. The number of benzene rings is 3. The molecule has 0 saturated carbocycles. The molecule has 0 radical (unpaired) electrons. The minimum absolute atomic E-state index is 0.141. The number of allylic oxidation sites excluding steroid dienone is 3. The number of fused-ring (bicyclic) bond motifs is 6. The van der Waals surface area contributed by atoms with Crippen molar-refractivity contribution in [2.24, 2.45) is 10.9 Å². The molecule has 0 N–H and O–H groups in total. The lowest BCUT2D eigenvalue weighted by Crippen LogP contribution is -2.53. The smallest absolute Gasteiger partial charge is 0.0963 e. The highest BCUT2D eigenvalue weighted by Crippen LogP contribution is 2.54. The summed E-state index contributed by atoms with van der Waals surface area (Å²) in [6, 6.07) is 24.5. The van der Waals surface area contributed by atoms with Gasteiger partial charge in [-0.3, -0.25) is 9.98 Å². The van der Waals surface area contributed by atoms with Crippen LogP contribution in [0, 0.1) is 19.8 Å². The number of aromatic nitrogens is 2. The molecule has 2 aliphatic heterocycles. The van der Waals surface area contributed by atoms with Gasteiger partial charge in [-0.05, 0) is 117 Å². The largest absolute Gasteiger partial charge is 0.351 e. The third-order valence-corrected chi connectivity index (χ3v) is 11.0. The Morgan fingerprint density at radius 1 is 0.795 bits per heavy atom. The minimum atomic E-state index is -0.231. The number of aliphatic imine (C=N–C) groups is 1. The number of rotatable bonds is 3. The van der Waals surface area contributed by atoms with Crippen LogP contribution in [0.5, 0.6) is 0 Å². The van der Waals surface area contributed by atoms with Crippen LogP contribution in [0.1, 0.15) is 25.0 Å².